The van der Waals surface area contributed by atoms with E-state index in [1.165, 1.54) is 10.5 Å². The first kappa shape index (κ1) is 22.7. The maximum atomic E-state index is 5.98. The molecule has 7 nitrogen and oxygen atoms in total. The number of ether oxygens (including phenoxy) is 1. The van der Waals surface area contributed by atoms with Crippen LogP contribution in [0, 0.1) is 6.92 Å². The summed E-state index contributed by atoms with van der Waals surface area (Å²) >= 11 is 1.92. The van der Waals surface area contributed by atoms with Gasteiger partial charge in [-0.25, -0.2) is 4.98 Å². The van der Waals surface area contributed by atoms with Crippen LogP contribution in [0.2, 0.25) is 0 Å². The third kappa shape index (κ3) is 5.19. The Morgan fingerprint density at radius 3 is 2.38 bits per heavy atom. The van der Waals surface area contributed by atoms with Gasteiger partial charge < -0.3 is 14.5 Å². The second-order valence-corrected chi connectivity index (χ2v) is 9.66. The molecule has 0 unspecified atom stereocenters. The molecular weight excluding hydrogens is 446 g/mol. The van der Waals surface area contributed by atoms with E-state index < -0.39 is 0 Å². The molecule has 1 aliphatic heterocycles. The molecule has 2 aromatic carbocycles. The van der Waals surface area contributed by atoms with Gasteiger partial charge in [-0.15, -0.1) is 22.0 Å². The Bertz CT molecular complexity index is 1240. The van der Waals surface area contributed by atoms with Gasteiger partial charge in [0.25, 0.3) is 5.89 Å². The number of nitrogens with zero attached hydrogens (tertiary/aromatic N) is 4. The predicted molar refractivity (Wildman–Crippen MR) is 133 cm³/mol. The lowest BCUT2D eigenvalue weighted by atomic mass is 10.1. The van der Waals surface area contributed by atoms with Crippen molar-refractivity contribution in [3.63, 3.8) is 0 Å². The molecule has 0 saturated carbocycles. The van der Waals surface area contributed by atoms with E-state index in [-0.39, 0.29) is 0 Å². The van der Waals surface area contributed by atoms with Gasteiger partial charge in [0.05, 0.1) is 17.6 Å². The van der Waals surface area contributed by atoms with E-state index in [1.54, 1.807) is 6.20 Å². The average Bonchev–Trinajstić information content (AvgIpc) is 3.36. The molecule has 0 atom stereocenters. The predicted octanol–water partition coefficient (Wildman–Crippen LogP) is 5.16. The molecule has 8 heteroatoms. The third-order valence-corrected chi connectivity index (χ3v) is 7.14. The number of aromatic nitrogens is 4. The fraction of sp³-hybridized carbons (Fsp3) is 0.308. The number of benzene rings is 2. The largest absolute Gasteiger partial charge is 0.415 e. The molecule has 1 saturated heterocycles. The molecular formula is C26H27N5O2S. The summed E-state index contributed by atoms with van der Waals surface area (Å²) in [5.41, 5.74) is 5.19. The van der Waals surface area contributed by atoms with Crippen molar-refractivity contribution in [2.75, 3.05) is 20.3 Å². The zero-order valence-corrected chi connectivity index (χ0v) is 20.1. The highest BCUT2D eigenvalue weighted by atomic mass is 32.2. The van der Waals surface area contributed by atoms with Crippen molar-refractivity contribution in [1.29, 1.82) is 0 Å². The van der Waals surface area contributed by atoms with Gasteiger partial charge in [0.15, 0.2) is 0 Å². The molecule has 3 heterocycles. The molecule has 0 radical (unpaired) electrons. The Morgan fingerprint density at radius 1 is 0.941 bits per heavy atom. The molecule has 1 aliphatic rings. The first-order chi connectivity index (χ1) is 16.7. The van der Waals surface area contributed by atoms with Gasteiger partial charge in [-0.1, -0.05) is 24.3 Å². The van der Waals surface area contributed by atoms with Crippen molar-refractivity contribution in [3.8, 4) is 34.3 Å². The van der Waals surface area contributed by atoms with E-state index in [9.17, 15) is 0 Å². The standard InChI is InChI=1S/C26H27N5O2S/c1-17-24(26-31-30-25(33-26)20-5-3-18(4-6-20)15-27-2)29-23(16-28-17)19-7-9-21(10-8-19)34-22-11-13-32-14-12-22/h3-10,16,22,27H,11-15H2,1-2H3. The van der Waals surface area contributed by atoms with Gasteiger partial charge >= 0.3 is 0 Å². The van der Waals surface area contributed by atoms with E-state index in [0.717, 1.165) is 55.1 Å². The van der Waals surface area contributed by atoms with Crippen LogP contribution in [0.15, 0.2) is 64.0 Å². The summed E-state index contributed by atoms with van der Waals surface area (Å²) in [6, 6.07) is 16.6. The van der Waals surface area contributed by atoms with Crippen molar-refractivity contribution in [3.05, 3.63) is 66.0 Å². The number of rotatable bonds is 7. The molecule has 0 amide bonds. The molecule has 34 heavy (non-hydrogen) atoms. The Labute approximate surface area is 203 Å². The first-order valence-electron chi connectivity index (χ1n) is 11.5. The van der Waals surface area contributed by atoms with Crippen molar-refractivity contribution in [2.24, 2.45) is 0 Å². The number of hydrogen-bond donors (Lipinski definition) is 1. The Morgan fingerprint density at radius 2 is 1.65 bits per heavy atom. The maximum absolute atomic E-state index is 5.98. The van der Waals surface area contributed by atoms with Crippen LogP contribution in [0.25, 0.3) is 34.3 Å². The van der Waals surface area contributed by atoms with Gasteiger partial charge in [-0.3, -0.25) is 4.98 Å². The van der Waals surface area contributed by atoms with Gasteiger partial charge in [0.1, 0.15) is 5.69 Å². The summed E-state index contributed by atoms with van der Waals surface area (Å²) in [7, 11) is 1.93. The van der Waals surface area contributed by atoms with E-state index in [1.807, 2.05) is 50.0 Å². The molecule has 1 fully saturated rings. The zero-order chi connectivity index (χ0) is 23.3. The fourth-order valence-electron chi connectivity index (χ4n) is 3.89. The molecule has 4 aromatic rings. The van der Waals surface area contributed by atoms with Crippen LogP contribution in [0.3, 0.4) is 0 Å². The molecule has 2 aromatic heterocycles. The van der Waals surface area contributed by atoms with Gasteiger partial charge in [-0.05, 0) is 56.6 Å². The van der Waals surface area contributed by atoms with E-state index in [2.05, 4.69) is 44.8 Å². The van der Waals surface area contributed by atoms with Crippen molar-refractivity contribution >= 4 is 11.8 Å². The lowest BCUT2D eigenvalue weighted by Gasteiger charge is -2.21. The summed E-state index contributed by atoms with van der Waals surface area (Å²) in [6.07, 6.45) is 3.99. The van der Waals surface area contributed by atoms with Crippen LogP contribution in [0.1, 0.15) is 24.1 Å². The molecule has 5 rings (SSSR count). The number of hydrogen-bond acceptors (Lipinski definition) is 8. The normalized spacial score (nSPS) is 14.4. The van der Waals surface area contributed by atoms with Crippen molar-refractivity contribution < 1.29 is 9.15 Å². The first-order valence-corrected chi connectivity index (χ1v) is 12.3. The van der Waals surface area contributed by atoms with Crippen LogP contribution >= 0.6 is 11.8 Å². The lowest BCUT2D eigenvalue weighted by molar-refractivity contribution is 0.100. The zero-order valence-electron chi connectivity index (χ0n) is 19.3. The number of aryl methyl sites for hydroxylation is 1. The minimum absolute atomic E-state index is 0.368. The Kier molecular flexibility index (Phi) is 6.99. The fourth-order valence-corrected chi connectivity index (χ4v) is 4.99. The molecule has 0 spiro atoms. The summed E-state index contributed by atoms with van der Waals surface area (Å²) in [4.78, 5) is 10.6. The molecule has 1 N–H and O–H groups in total. The summed E-state index contributed by atoms with van der Waals surface area (Å²) in [6.45, 7) is 4.43. The lowest BCUT2D eigenvalue weighted by Crippen LogP contribution is -2.17. The van der Waals surface area contributed by atoms with E-state index >= 15 is 0 Å². The minimum Gasteiger partial charge on any atom is -0.415 e. The Balaban J connectivity index is 1.35. The quantitative estimate of drug-likeness (QED) is 0.394. The van der Waals surface area contributed by atoms with Crippen molar-refractivity contribution in [1.82, 2.24) is 25.5 Å². The topological polar surface area (TPSA) is 86.0 Å². The molecule has 0 aliphatic carbocycles. The van der Waals surface area contributed by atoms with Gasteiger partial charge in [-0.2, -0.15) is 0 Å². The second-order valence-electron chi connectivity index (χ2n) is 8.28. The summed E-state index contributed by atoms with van der Waals surface area (Å²) in [5.74, 6) is 0.833. The number of nitrogens with one attached hydrogen (secondary N) is 1. The molecule has 174 valence electrons. The average molecular weight is 474 g/mol. The van der Waals surface area contributed by atoms with E-state index in [4.69, 9.17) is 14.1 Å². The van der Waals surface area contributed by atoms with Crippen LogP contribution in [0.5, 0.6) is 0 Å². The monoisotopic (exact) mass is 473 g/mol. The van der Waals surface area contributed by atoms with Crippen LogP contribution in [-0.2, 0) is 11.3 Å². The van der Waals surface area contributed by atoms with Crippen LogP contribution in [0.4, 0.5) is 0 Å². The Hall–Kier alpha value is -3.07. The van der Waals surface area contributed by atoms with Crippen LogP contribution in [-0.4, -0.2) is 45.7 Å². The highest BCUT2D eigenvalue weighted by Gasteiger charge is 2.17. The van der Waals surface area contributed by atoms with Crippen molar-refractivity contribution in [2.45, 2.75) is 36.5 Å². The minimum atomic E-state index is 0.368. The summed E-state index contributed by atoms with van der Waals surface area (Å²) in [5, 5.41) is 12.3. The van der Waals surface area contributed by atoms with Gasteiger partial charge in [0, 0.05) is 41.0 Å². The molecule has 0 bridgehead atoms. The SMILES string of the molecule is CNCc1ccc(-c2nnc(-c3nc(-c4ccc(SC5CCOCC5)cc4)cnc3C)o2)cc1. The highest BCUT2D eigenvalue weighted by Crippen LogP contribution is 2.32. The summed E-state index contributed by atoms with van der Waals surface area (Å²) < 4.78 is 11.4. The van der Waals surface area contributed by atoms with Gasteiger partial charge in [0.2, 0.25) is 5.89 Å². The smallest absolute Gasteiger partial charge is 0.268 e. The van der Waals surface area contributed by atoms with Crippen LogP contribution < -0.4 is 5.32 Å². The highest BCUT2D eigenvalue weighted by molar-refractivity contribution is 8.00. The maximum Gasteiger partial charge on any atom is 0.268 e. The second kappa shape index (κ2) is 10.5. The third-order valence-electron chi connectivity index (χ3n) is 5.79. The van der Waals surface area contributed by atoms with E-state index in [0.29, 0.717) is 22.7 Å². The number of thioether (sulfide) groups is 1.